The zero-order chi connectivity index (χ0) is 21.3. The summed E-state index contributed by atoms with van der Waals surface area (Å²) in [4.78, 5) is 29.6. The lowest BCUT2D eigenvalue weighted by Crippen LogP contribution is -2.40. The summed E-state index contributed by atoms with van der Waals surface area (Å²) < 4.78 is 10.8. The van der Waals surface area contributed by atoms with Crippen LogP contribution in [0.1, 0.15) is 30.0 Å². The molecule has 0 aromatic heterocycles. The highest BCUT2D eigenvalue weighted by Gasteiger charge is 2.38. The SMILES string of the molecule is CCc1ccccc1N1CC(C(=O)N2CCc3cc(OC)c(OC)cc3C2)CC1=O. The first-order chi connectivity index (χ1) is 14.5. The van der Waals surface area contributed by atoms with Crippen molar-refractivity contribution >= 4 is 17.5 Å². The number of rotatable bonds is 5. The van der Waals surface area contributed by atoms with E-state index in [4.69, 9.17) is 9.47 Å². The number of benzene rings is 2. The number of anilines is 1. The van der Waals surface area contributed by atoms with Crippen LogP contribution in [0, 0.1) is 5.92 Å². The molecule has 2 heterocycles. The Hall–Kier alpha value is -3.02. The molecule has 6 heteroatoms. The lowest BCUT2D eigenvalue weighted by molar-refractivity contribution is -0.136. The Balaban J connectivity index is 1.50. The van der Waals surface area contributed by atoms with Crippen LogP contribution in [0.15, 0.2) is 36.4 Å². The van der Waals surface area contributed by atoms with Crippen LogP contribution in [0.5, 0.6) is 11.5 Å². The molecule has 30 heavy (non-hydrogen) atoms. The minimum Gasteiger partial charge on any atom is -0.493 e. The molecular formula is C24H28N2O4. The van der Waals surface area contributed by atoms with Gasteiger partial charge in [0.1, 0.15) is 0 Å². The molecule has 0 N–H and O–H groups in total. The highest BCUT2D eigenvalue weighted by atomic mass is 16.5. The van der Waals surface area contributed by atoms with Crippen molar-refractivity contribution in [1.29, 1.82) is 0 Å². The van der Waals surface area contributed by atoms with Gasteiger partial charge in [0, 0.05) is 31.7 Å². The Kier molecular flexibility index (Phi) is 5.66. The van der Waals surface area contributed by atoms with E-state index >= 15 is 0 Å². The number of para-hydroxylation sites is 1. The van der Waals surface area contributed by atoms with E-state index in [1.165, 1.54) is 5.56 Å². The van der Waals surface area contributed by atoms with Gasteiger partial charge in [-0.1, -0.05) is 25.1 Å². The van der Waals surface area contributed by atoms with Crippen LogP contribution >= 0.6 is 0 Å². The second kappa shape index (κ2) is 8.38. The predicted octanol–water partition coefficient (Wildman–Crippen LogP) is 3.20. The van der Waals surface area contributed by atoms with Gasteiger partial charge in [-0.25, -0.2) is 0 Å². The van der Waals surface area contributed by atoms with E-state index in [-0.39, 0.29) is 24.2 Å². The Labute approximate surface area is 177 Å². The molecule has 0 saturated carbocycles. The number of hydrogen-bond donors (Lipinski definition) is 0. The van der Waals surface area contributed by atoms with Crippen molar-refractivity contribution in [2.75, 3.05) is 32.2 Å². The largest absolute Gasteiger partial charge is 0.493 e. The molecule has 0 spiro atoms. The van der Waals surface area contributed by atoms with Crippen molar-refractivity contribution in [1.82, 2.24) is 4.90 Å². The maximum absolute atomic E-state index is 13.3. The van der Waals surface area contributed by atoms with E-state index in [9.17, 15) is 9.59 Å². The number of nitrogens with zero attached hydrogens (tertiary/aromatic N) is 2. The topological polar surface area (TPSA) is 59.1 Å². The number of carbonyl (C=O) groups is 2. The number of hydrogen-bond acceptors (Lipinski definition) is 4. The van der Waals surface area contributed by atoms with Gasteiger partial charge in [0.15, 0.2) is 11.5 Å². The molecule has 6 nitrogen and oxygen atoms in total. The molecule has 1 atom stereocenters. The molecule has 0 bridgehead atoms. The van der Waals surface area contributed by atoms with Gasteiger partial charge < -0.3 is 19.3 Å². The molecule has 0 radical (unpaired) electrons. The zero-order valence-corrected chi connectivity index (χ0v) is 17.8. The summed E-state index contributed by atoms with van der Waals surface area (Å²) in [6.45, 7) is 3.71. The average Bonchev–Trinajstić information content (AvgIpc) is 3.18. The third kappa shape index (κ3) is 3.62. The Morgan fingerprint density at radius 2 is 1.80 bits per heavy atom. The summed E-state index contributed by atoms with van der Waals surface area (Å²) in [7, 11) is 3.24. The lowest BCUT2D eigenvalue weighted by Gasteiger charge is -2.31. The Morgan fingerprint density at radius 1 is 1.10 bits per heavy atom. The molecule has 2 aliphatic heterocycles. The van der Waals surface area contributed by atoms with Gasteiger partial charge in [-0.05, 0) is 47.7 Å². The smallest absolute Gasteiger partial charge is 0.228 e. The number of carbonyl (C=O) groups excluding carboxylic acids is 2. The number of aryl methyl sites for hydroxylation is 1. The fraction of sp³-hybridized carbons (Fsp3) is 0.417. The molecule has 2 aromatic rings. The van der Waals surface area contributed by atoms with Crippen LogP contribution in [0.25, 0.3) is 0 Å². The quantitative estimate of drug-likeness (QED) is 0.762. The van der Waals surface area contributed by atoms with E-state index in [1.807, 2.05) is 41.3 Å². The molecular weight excluding hydrogens is 380 g/mol. The van der Waals surface area contributed by atoms with Gasteiger partial charge in [-0.2, -0.15) is 0 Å². The van der Waals surface area contributed by atoms with Gasteiger partial charge in [-0.15, -0.1) is 0 Å². The van der Waals surface area contributed by atoms with Gasteiger partial charge in [0.25, 0.3) is 0 Å². The molecule has 1 saturated heterocycles. The molecule has 0 aliphatic carbocycles. The first-order valence-electron chi connectivity index (χ1n) is 10.5. The van der Waals surface area contributed by atoms with E-state index in [0.717, 1.165) is 29.7 Å². The van der Waals surface area contributed by atoms with Gasteiger partial charge >= 0.3 is 0 Å². The first-order valence-corrected chi connectivity index (χ1v) is 10.5. The van der Waals surface area contributed by atoms with Crippen molar-refractivity contribution in [3.05, 3.63) is 53.1 Å². The van der Waals surface area contributed by atoms with Crippen LogP contribution in [-0.4, -0.2) is 44.0 Å². The maximum Gasteiger partial charge on any atom is 0.228 e. The molecule has 158 valence electrons. The van der Waals surface area contributed by atoms with Crippen LogP contribution in [0.3, 0.4) is 0 Å². The van der Waals surface area contributed by atoms with Gasteiger partial charge in [-0.3, -0.25) is 9.59 Å². The monoisotopic (exact) mass is 408 g/mol. The van der Waals surface area contributed by atoms with Crippen LogP contribution < -0.4 is 14.4 Å². The van der Waals surface area contributed by atoms with E-state index < -0.39 is 0 Å². The molecule has 2 amide bonds. The zero-order valence-electron chi connectivity index (χ0n) is 17.8. The van der Waals surface area contributed by atoms with Crippen LogP contribution in [0.4, 0.5) is 5.69 Å². The minimum atomic E-state index is -0.302. The fourth-order valence-electron chi connectivity index (χ4n) is 4.51. The lowest BCUT2D eigenvalue weighted by atomic mass is 9.97. The summed E-state index contributed by atoms with van der Waals surface area (Å²) in [5.41, 5.74) is 4.32. The van der Waals surface area contributed by atoms with Crippen molar-refractivity contribution in [2.45, 2.75) is 32.7 Å². The van der Waals surface area contributed by atoms with Crippen molar-refractivity contribution in [3.63, 3.8) is 0 Å². The molecule has 2 aromatic carbocycles. The second-order valence-corrected chi connectivity index (χ2v) is 7.87. The Morgan fingerprint density at radius 3 is 2.50 bits per heavy atom. The number of amides is 2. The molecule has 1 unspecified atom stereocenters. The summed E-state index contributed by atoms with van der Waals surface area (Å²) >= 11 is 0. The van der Waals surface area contributed by atoms with Crippen LogP contribution in [0.2, 0.25) is 0 Å². The predicted molar refractivity (Wildman–Crippen MR) is 115 cm³/mol. The molecule has 1 fully saturated rings. The standard InChI is InChI=1S/C24H28N2O4/c1-4-16-7-5-6-8-20(16)26-15-19(13-23(26)27)24(28)25-10-9-17-11-21(29-2)22(30-3)12-18(17)14-25/h5-8,11-12,19H,4,9-10,13-15H2,1-3H3. The van der Waals surface area contributed by atoms with E-state index in [2.05, 4.69) is 6.92 Å². The normalized spacial score (nSPS) is 18.4. The summed E-state index contributed by atoms with van der Waals surface area (Å²) in [5, 5.41) is 0. The average molecular weight is 408 g/mol. The highest BCUT2D eigenvalue weighted by molar-refractivity contribution is 6.00. The summed E-state index contributed by atoms with van der Waals surface area (Å²) in [5.74, 6) is 1.16. The van der Waals surface area contributed by atoms with E-state index in [1.54, 1.807) is 19.1 Å². The first kappa shape index (κ1) is 20.3. The van der Waals surface area contributed by atoms with Crippen molar-refractivity contribution in [2.24, 2.45) is 5.92 Å². The fourth-order valence-corrected chi connectivity index (χ4v) is 4.51. The Bertz CT molecular complexity index is 972. The second-order valence-electron chi connectivity index (χ2n) is 7.87. The molecule has 2 aliphatic rings. The van der Waals surface area contributed by atoms with Crippen molar-refractivity contribution in [3.8, 4) is 11.5 Å². The van der Waals surface area contributed by atoms with Gasteiger partial charge in [0.05, 0.1) is 20.1 Å². The summed E-state index contributed by atoms with van der Waals surface area (Å²) in [6.07, 6.45) is 1.89. The van der Waals surface area contributed by atoms with E-state index in [0.29, 0.717) is 31.1 Å². The summed E-state index contributed by atoms with van der Waals surface area (Å²) in [6, 6.07) is 11.9. The third-order valence-corrected chi connectivity index (χ3v) is 6.17. The van der Waals surface area contributed by atoms with Gasteiger partial charge in [0.2, 0.25) is 11.8 Å². The number of methoxy groups -OCH3 is 2. The minimum absolute atomic E-state index is 0.0260. The highest BCUT2D eigenvalue weighted by Crippen LogP contribution is 2.35. The van der Waals surface area contributed by atoms with Crippen LogP contribution in [-0.2, 0) is 29.0 Å². The van der Waals surface area contributed by atoms with Crippen molar-refractivity contribution < 1.29 is 19.1 Å². The molecule has 4 rings (SSSR count). The third-order valence-electron chi connectivity index (χ3n) is 6.17. The number of fused-ring (bicyclic) bond motifs is 1. The number of ether oxygens (including phenoxy) is 2. The maximum atomic E-state index is 13.3.